The van der Waals surface area contributed by atoms with E-state index < -0.39 is 0 Å². The Hall–Kier alpha value is -0.380. The second-order valence-electron chi connectivity index (χ2n) is 5.66. The zero-order valence-corrected chi connectivity index (χ0v) is 14.0. The number of unbranched alkanes of at least 4 members (excludes halogenated alkanes) is 1. The first-order valence-corrected chi connectivity index (χ1v) is 8.66. The number of rotatable bonds is 10. The van der Waals surface area contributed by atoms with Gasteiger partial charge in [0.25, 0.3) is 0 Å². The van der Waals surface area contributed by atoms with Crippen molar-refractivity contribution in [3.63, 3.8) is 0 Å². The minimum absolute atomic E-state index is 0.535. The van der Waals surface area contributed by atoms with Gasteiger partial charge in [-0.1, -0.05) is 47.5 Å². The molecule has 0 aromatic heterocycles. The van der Waals surface area contributed by atoms with Gasteiger partial charge >= 0.3 is 0 Å². The normalized spacial score (nSPS) is 16.3. The standard InChI is InChI=1S/C17H26BrNO/c1-2-3-11-20-12-10-14(13-19-15-8-9-15)16-6-4-5-7-17(16)18/h4-7,14-15,19H,2-3,8-13H2,1H3. The summed E-state index contributed by atoms with van der Waals surface area (Å²) < 4.78 is 6.96. The summed E-state index contributed by atoms with van der Waals surface area (Å²) in [6.07, 6.45) is 6.15. The van der Waals surface area contributed by atoms with Crippen LogP contribution in [0.3, 0.4) is 0 Å². The summed E-state index contributed by atoms with van der Waals surface area (Å²) in [6, 6.07) is 9.34. The van der Waals surface area contributed by atoms with Crippen molar-refractivity contribution >= 4 is 15.9 Å². The third-order valence-electron chi connectivity index (χ3n) is 3.83. The van der Waals surface area contributed by atoms with E-state index in [1.54, 1.807) is 0 Å². The van der Waals surface area contributed by atoms with Crippen molar-refractivity contribution in [2.45, 2.75) is 51.0 Å². The Morgan fingerprint density at radius 3 is 2.80 bits per heavy atom. The first kappa shape index (κ1) is 16.0. The van der Waals surface area contributed by atoms with E-state index in [2.05, 4.69) is 52.4 Å². The highest BCUT2D eigenvalue weighted by Gasteiger charge is 2.23. The molecule has 1 fully saturated rings. The van der Waals surface area contributed by atoms with Gasteiger partial charge in [0.05, 0.1) is 0 Å². The molecule has 0 amide bonds. The summed E-state index contributed by atoms with van der Waals surface area (Å²) in [6.45, 7) is 5.02. The molecule has 1 aliphatic rings. The second kappa shape index (κ2) is 8.81. The SMILES string of the molecule is CCCCOCCC(CNC1CC1)c1ccccc1Br. The van der Waals surface area contributed by atoms with Crippen molar-refractivity contribution in [2.75, 3.05) is 19.8 Å². The van der Waals surface area contributed by atoms with Gasteiger partial charge in [-0.2, -0.15) is 0 Å². The number of halogens is 1. The largest absolute Gasteiger partial charge is 0.381 e. The van der Waals surface area contributed by atoms with E-state index in [1.807, 2.05) is 0 Å². The molecular formula is C17H26BrNO. The van der Waals surface area contributed by atoms with Gasteiger partial charge < -0.3 is 10.1 Å². The highest BCUT2D eigenvalue weighted by Crippen LogP contribution is 2.28. The average molecular weight is 340 g/mol. The Morgan fingerprint density at radius 2 is 2.10 bits per heavy atom. The monoisotopic (exact) mass is 339 g/mol. The molecule has 0 saturated heterocycles. The highest BCUT2D eigenvalue weighted by atomic mass is 79.9. The maximum atomic E-state index is 5.75. The fourth-order valence-electron chi connectivity index (χ4n) is 2.34. The number of nitrogens with one attached hydrogen (secondary N) is 1. The zero-order valence-electron chi connectivity index (χ0n) is 12.4. The lowest BCUT2D eigenvalue weighted by atomic mass is 9.96. The van der Waals surface area contributed by atoms with E-state index in [0.29, 0.717) is 5.92 Å². The fourth-order valence-corrected chi connectivity index (χ4v) is 2.95. The Balaban J connectivity index is 1.84. The van der Waals surface area contributed by atoms with Crippen LogP contribution in [0.5, 0.6) is 0 Å². The van der Waals surface area contributed by atoms with Gasteiger partial charge in [-0.15, -0.1) is 0 Å². The van der Waals surface area contributed by atoms with Gasteiger partial charge in [0, 0.05) is 30.3 Å². The van der Waals surface area contributed by atoms with Crippen molar-refractivity contribution in [3.05, 3.63) is 34.3 Å². The third-order valence-corrected chi connectivity index (χ3v) is 4.55. The number of ether oxygens (including phenoxy) is 1. The van der Waals surface area contributed by atoms with Crippen LogP contribution >= 0.6 is 15.9 Å². The van der Waals surface area contributed by atoms with E-state index in [0.717, 1.165) is 32.2 Å². The molecule has 20 heavy (non-hydrogen) atoms. The first-order chi connectivity index (χ1) is 9.81. The molecule has 2 nitrogen and oxygen atoms in total. The predicted octanol–water partition coefficient (Wildman–Crippen LogP) is 4.49. The van der Waals surface area contributed by atoms with E-state index in [4.69, 9.17) is 4.74 Å². The van der Waals surface area contributed by atoms with Crippen molar-refractivity contribution in [2.24, 2.45) is 0 Å². The summed E-state index contributed by atoms with van der Waals surface area (Å²) in [5.41, 5.74) is 1.40. The summed E-state index contributed by atoms with van der Waals surface area (Å²) in [5, 5.41) is 3.66. The molecule has 1 atom stereocenters. The Kier molecular flexibility index (Phi) is 7.05. The minimum atomic E-state index is 0.535. The Morgan fingerprint density at radius 1 is 1.30 bits per heavy atom. The van der Waals surface area contributed by atoms with E-state index in [9.17, 15) is 0 Å². The lowest BCUT2D eigenvalue weighted by Gasteiger charge is -2.19. The van der Waals surface area contributed by atoms with E-state index in [1.165, 1.54) is 35.7 Å². The number of hydrogen-bond acceptors (Lipinski definition) is 2. The number of benzene rings is 1. The van der Waals surface area contributed by atoms with Crippen molar-refractivity contribution < 1.29 is 4.74 Å². The zero-order chi connectivity index (χ0) is 14.2. The molecule has 0 spiro atoms. The molecule has 1 aromatic rings. The van der Waals surface area contributed by atoms with Crippen LogP contribution < -0.4 is 5.32 Å². The van der Waals surface area contributed by atoms with Gasteiger partial charge in [0.2, 0.25) is 0 Å². The summed E-state index contributed by atoms with van der Waals surface area (Å²) >= 11 is 3.68. The molecule has 2 rings (SSSR count). The van der Waals surface area contributed by atoms with Crippen LogP contribution in [0.2, 0.25) is 0 Å². The average Bonchev–Trinajstić information content (AvgIpc) is 3.27. The van der Waals surface area contributed by atoms with Gasteiger partial charge in [-0.05, 0) is 43.2 Å². The lowest BCUT2D eigenvalue weighted by Crippen LogP contribution is -2.24. The fraction of sp³-hybridized carbons (Fsp3) is 0.647. The van der Waals surface area contributed by atoms with Gasteiger partial charge in [0.15, 0.2) is 0 Å². The van der Waals surface area contributed by atoms with Crippen LogP contribution in [0.1, 0.15) is 50.5 Å². The minimum Gasteiger partial charge on any atom is -0.381 e. The number of hydrogen-bond donors (Lipinski definition) is 1. The molecule has 3 heteroatoms. The quantitative estimate of drug-likeness (QED) is 0.634. The molecule has 112 valence electrons. The highest BCUT2D eigenvalue weighted by molar-refractivity contribution is 9.10. The van der Waals surface area contributed by atoms with Gasteiger partial charge in [0.1, 0.15) is 0 Å². The van der Waals surface area contributed by atoms with Crippen LogP contribution in [0, 0.1) is 0 Å². The molecule has 0 heterocycles. The molecule has 0 aliphatic heterocycles. The van der Waals surface area contributed by atoms with Crippen LogP contribution in [0.25, 0.3) is 0 Å². The molecule has 1 N–H and O–H groups in total. The lowest BCUT2D eigenvalue weighted by molar-refractivity contribution is 0.124. The van der Waals surface area contributed by atoms with Crippen LogP contribution in [-0.4, -0.2) is 25.8 Å². The second-order valence-corrected chi connectivity index (χ2v) is 6.51. The van der Waals surface area contributed by atoms with Crippen LogP contribution in [-0.2, 0) is 4.74 Å². The Bertz CT molecular complexity index is 392. The maximum Gasteiger partial charge on any atom is 0.0472 e. The van der Waals surface area contributed by atoms with Crippen molar-refractivity contribution in [1.82, 2.24) is 5.32 Å². The third kappa shape index (κ3) is 5.55. The predicted molar refractivity (Wildman–Crippen MR) is 88.3 cm³/mol. The molecule has 1 aromatic carbocycles. The van der Waals surface area contributed by atoms with Crippen molar-refractivity contribution in [3.8, 4) is 0 Å². The summed E-state index contributed by atoms with van der Waals surface area (Å²) in [4.78, 5) is 0. The van der Waals surface area contributed by atoms with E-state index in [-0.39, 0.29) is 0 Å². The maximum absolute atomic E-state index is 5.75. The van der Waals surface area contributed by atoms with E-state index >= 15 is 0 Å². The molecular weight excluding hydrogens is 314 g/mol. The molecule has 1 aliphatic carbocycles. The van der Waals surface area contributed by atoms with Gasteiger partial charge in [-0.3, -0.25) is 0 Å². The van der Waals surface area contributed by atoms with Crippen LogP contribution in [0.15, 0.2) is 28.7 Å². The van der Waals surface area contributed by atoms with Crippen LogP contribution in [0.4, 0.5) is 0 Å². The molecule has 0 bridgehead atoms. The van der Waals surface area contributed by atoms with Gasteiger partial charge in [-0.25, -0.2) is 0 Å². The molecule has 1 saturated carbocycles. The molecule has 0 radical (unpaired) electrons. The first-order valence-electron chi connectivity index (χ1n) is 7.86. The summed E-state index contributed by atoms with van der Waals surface area (Å²) in [7, 11) is 0. The topological polar surface area (TPSA) is 21.3 Å². The summed E-state index contributed by atoms with van der Waals surface area (Å²) in [5.74, 6) is 0.535. The smallest absolute Gasteiger partial charge is 0.0472 e. The molecule has 1 unspecified atom stereocenters. The Labute approximate surface area is 131 Å². The van der Waals surface area contributed by atoms with Crippen molar-refractivity contribution in [1.29, 1.82) is 0 Å².